The van der Waals surface area contributed by atoms with Crippen LogP contribution in [0.2, 0.25) is 10.0 Å². The van der Waals surface area contributed by atoms with Gasteiger partial charge in [-0.05, 0) is 43.0 Å². The van der Waals surface area contributed by atoms with Gasteiger partial charge in [0.2, 0.25) is 5.91 Å². The van der Waals surface area contributed by atoms with Gasteiger partial charge in [0.25, 0.3) is 0 Å². The minimum Gasteiger partial charge on any atom is -0.315 e. The van der Waals surface area contributed by atoms with Crippen LogP contribution >= 0.6 is 34.5 Å². The fourth-order valence-electron chi connectivity index (χ4n) is 2.11. The van der Waals surface area contributed by atoms with Gasteiger partial charge in [-0.15, -0.1) is 11.3 Å². The summed E-state index contributed by atoms with van der Waals surface area (Å²) in [4.78, 5) is 12.3. The minimum absolute atomic E-state index is 0.126. The molecular formula is C16H15Cl2N3OS. The maximum atomic E-state index is 12.3. The molecule has 2 aromatic rings. The summed E-state index contributed by atoms with van der Waals surface area (Å²) in [5.74, 6) is -0.208. The van der Waals surface area contributed by atoms with Crippen molar-refractivity contribution in [2.45, 2.75) is 25.9 Å². The first-order chi connectivity index (χ1) is 10.9. The van der Waals surface area contributed by atoms with Gasteiger partial charge in [-0.2, -0.15) is 5.26 Å². The average Bonchev–Trinajstić information content (AvgIpc) is 2.94. The Morgan fingerprint density at radius 2 is 2.04 bits per heavy atom. The zero-order valence-electron chi connectivity index (χ0n) is 12.6. The molecule has 1 aromatic carbocycles. The van der Waals surface area contributed by atoms with Crippen LogP contribution in [0.4, 0.5) is 5.00 Å². The monoisotopic (exact) mass is 367 g/mol. The van der Waals surface area contributed by atoms with Gasteiger partial charge in [0.1, 0.15) is 11.1 Å². The molecule has 0 spiro atoms. The van der Waals surface area contributed by atoms with Crippen LogP contribution in [0.3, 0.4) is 0 Å². The first kappa shape index (κ1) is 17.8. The van der Waals surface area contributed by atoms with Crippen molar-refractivity contribution in [1.29, 1.82) is 5.26 Å². The number of benzene rings is 1. The molecule has 0 unspecified atom stereocenters. The second kappa shape index (κ2) is 7.80. The molecular weight excluding hydrogens is 353 g/mol. The van der Waals surface area contributed by atoms with E-state index in [9.17, 15) is 4.79 Å². The highest BCUT2D eigenvalue weighted by Crippen LogP contribution is 2.27. The van der Waals surface area contributed by atoms with Gasteiger partial charge in [-0.1, -0.05) is 29.3 Å². The van der Waals surface area contributed by atoms with E-state index in [2.05, 4.69) is 10.6 Å². The number of hydrogen-bond acceptors (Lipinski definition) is 4. The lowest BCUT2D eigenvalue weighted by molar-refractivity contribution is -0.117. The number of thiophene rings is 1. The van der Waals surface area contributed by atoms with E-state index in [1.807, 2.05) is 19.1 Å². The largest absolute Gasteiger partial charge is 0.315 e. The third kappa shape index (κ3) is 4.46. The molecule has 2 rings (SSSR count). The molecule has 0 radical (unpaired) electrons. The summed E-state index contributed by atoms with van der Waals surface area (Å²) in [5, 5.41) is 18.4. The van der Waals surface area contributed by atoms with E-state index in [4.69, 9.17) is 28.5 Å². The zero-order chi connectivity index (χ0) is 17.0. The highest BCUT2D eigenvalue weighted by Gasteiger charge is 2.19. The van der Waals surface area contributed by atoms with Crippen molar-refractivity contribution in [2.24, 2.45) is 0 Å². The summed E-state index contributed by atoms with van der Waals surface area (Å²) in [6.07, 6.45) is 0. The summed E-state index contributed by atoms with van der Waals surface area (Å²) >= 11 is 13.4. The summed E-state index contributed by atoms with van der Waals surface area (Å²) in [6, 6.07) is 8.41. The van der Waals surface area contributed by atoms with Crippen molar-refractivity contribution in [2.75, 3.05) is 5.32 Å². The predicted molar refractivity (Wildman–Crippen MR) is 95.1 cm³/mol. The molecule has 1 amide bonds. The molecule has 120 valence electrons. The molecule has 0 aliphatic heterocycles. The van der Waals surface area contributed by atoms with E-state index in [0.29, 0.717) is 20.6 Å². The average molecular weight is 368 g/mol. The van der Waals surface area contributed by atoms with Crippen molar-refractivity contribution in [1.82, 2.24) is 5.32 Å². The number of nitrogens with zero attached hydrogens (tertiary/aromatic N) is 1. The summed E-state index contributed by atoms with van der Waals surface area (Å²) in [5.41, 5.74) is 1.33. The quantitative estimate of drug-likeness (QED) is 0.810. The second-order valence-electron chi connectivity index (χ2n) is 5.04. The van der Waals surface area contributed by atoms with Crippen LogP contribution in [0.25, 0.3) is 0 Å². The molecule has 0 aliphatic carbocycles. The smallest absolute Gasteiger partial charge is 0.241 e. The number of halogens is 2. The van der Waals surface area contributed by atoms with E-state index < -0.39 is 6.04 Å². The fraction of sp³-hybridized carbons (Fsp3) is 0.250. The van der Waals surface area contributed by atoms with Crippen LogP contribution in [0, 0.1) is 11.3 Å². The highest BCUT2D eigenvalue weighted by atomic mass is 35.5. The van der Waals surface area contributed by atoms with E-state index in [0.717, 1.165) is 5.56 Å². The van der Waals surface area contributed by atoms with Crippen LogP contribution in [0.5, 0.6) is 0 Å². The number of nitriles is 1. The molecule has 0 fully saturated rings. The molecule has 2 atom stereocenters. The van der Waals surface area contributed by atoms with Gasteiger partial charge >= 0.3 is 0 Å². The molecule has 4 nitrogen and oxygen atoms in total. The Balaban J connectivity index is 2.02. The number of rotatable bonds is 5. The molecule has 23 heavy (non-hydrogen) atoms. The first-order valence-electron chi connectivity index (χ1n) is 6.91. The van der Waals surface area contributed by atoms with E-state index in [-0.39, 0.29) is 11.9 Å². The number of anilines is 1. The van der Waals surface area contributed by atoms with Gasteiger partial charge in [0.15, 0.2) is 0 Å². The Morgan fingerprint density at radius 1 is 1.30 bits per heavy atom. The normalized spacial score (nSPS) is 13.2. The number of hydrogen-bond donors (Lipinski definition) is 2. The Bertz CT molecular complexity index is 754. The third-order valence-electron chi connectivity index (χ3n) is 3.34. The van der Waals surface area contributed by atoms with Gasteiger partial charge in [-0.3, -0.25) is 10.1 Å². The summed E-state index contributed by atoms with van der Waals surface area (Å²) in [7, 11) is 0. The van der Waals surface area contributed by atoms with Gasteiger partial charge in [0, 0.05) is 16.1 Å². The molecule has 0 saturated carbocycles. The minimum atomic E-state index is -0.453. The lowest BCUT2D eigenvalue weighted by atomic mass is 10.1. The highest BCUT2D eigenvalue weighted by molar-refractivity contribution is 7.14. The molecule has 0 bridgehead atoms. The topological polar surface area (TPSA) is 64.9 Å². The lowest BCUT2D eigenvalue weighted by Gasteiger charge is -2.20. The Kier molecular flexibility index (Phi) is 6.03. The molecule has 0 saturated heterocycles. The van der Waals surface area contributed by atoms with Gasteiger partial charge < -0.3 is 5.32 Å². The van der Waals surface area contributed by atoms with Crippen LogP contribution < -0.4 is 10.6 Å². The Morgan fingerprint density at radius 3 is 2.70 bits per heavy atom. The number of carbonyl (C=O) groups excluding carboxylic acids is 1. The van der Waals surface area contributed by atoms with Crippen molar-refractivity contribution in [3.8, 4) is 6.07 Å². The zero-order valence-corrected chi connectivity index (χ0v) is 14.9. The number of carbonyl (C=O) groups is 1. The van der Waals surface area contributed by atoms with Crippen molar-refractivity contribution >= 4 is 45.4 Å². The Labute approximate surface area is 149 Å². The fourth-order valence-corrected chi connectivity index (χ4v) is 3.42. The molecule has 1 heterocycles. The van der Waals surface area contributed by atoms with Crippen molar-refractivity contribution < 1.29 is 4.79 Å². The summed E-state index contributed by atoms with van der Waals surface area (Å²) in [6.45, 7) is 3.68. The molecule has 0 aliphatic rings. The number of nitrogens with one attached hydrogen (secondary N) is 2. The molecule has 2 N–H and O–H groups in total. The van der Waals surface area contributed by atoms with Crippen molar-refractivity contribution in [3.05, 3.63) is 50.8 Å². The Hall–Kier alpha value is -1.58. The van der Waals surface area contributed by atoms with Crippen LogP contribution in [-0.2, 0) is 4.79 Å². The maximum absolute atomic E-state index is 12.3. The number of amides is 1. The van der Waals surface area contributed by atoms with Gasteiger partial charge in [-0.25, -0.2) is 0 Å². The standard InChI is InChI=1S/C16H15Cl2N3OS/c1-9(13-4-3-12(17)7-14(13)18)20-10(2)15(22)21-16-11(8-19)5-6-23-16/h3-7,9-10,20H,1-2H3,(H,21,22)/t9-,10-/m1/s1. The van der Waals surface area contributed by atoms with Crippen molar-refractivity contribution in [3.63, 3.8) is 0 Å². The maximum Gasteiger partial charge on any atom is 0.241 e. The molecule has 1 aromatic heterocycles. The third-order valence-corrected chi connectivity index (χ3v) is 4.74. The molecule has 7 heteroatoms. The van der Waals surface area contributed by atoms with Crippen LogP contribution in [0.15, 0.2) is 29.6 Å². The predicted octanol–water partition coefficient (Wildman–Crippen LogP) is 4.60. The van der Waals surface area contributed by atoms with E-state index in [1.54, 1.807) is 30.5 Å². The van der Waals surface area contributed by atoms with Crippen LogP contribution in [0.1, 0.15) is 31.0 Å². The van der Waals surface area contributed by atoms with E-state index in [1.165, 1.54) is 11.3 Å². The van der Waals surface area contributed by atoms with Gasteiger partial charge in [0.05, 0.1) is 11.6 Å². The lowest BCUT2D eigenvalue weighted by Crippen LogP contribution is -2.39. The SMILES string of the molecule is C[C@@H](N[C@H](C)c1ccc(Cl)cc1Cl)C(=O)Nc1sccc1C#N. The van der Waals surface area contributed by atoms with E-state index >= 15 is 0 Å². The van der Waals surface area contributed by atoms with Crippen LogP contribution in [-0.4, -0.2) is 11.9 Å². The second-order valence-corrected chi connectivity index (χ2v) is 6.80. The first-order valence-corrected chi connectivity index (χ1v) is 8.55. The summed E-state index contributed by atoms with van der Waals surface area (Å²) < 4.78 is 0.